The van der Waals surface area contributed by atoms with Gasteiger partial charge in [0.05, 0.1) is 0 Å². The maximum absolute atomic E-state index is 5.35. The fourth-order valence-corrected chi connectivity index (χ4v) is 2.17. The molecular formula is C14H21NO. The van der Waals surface area contributed by atoms with E-state index in [-0.39, 0.29) is 0 Å². The van der Waals surface area contributed by atoms with E-state index < -0.39 is 0 Å². The molecule has 2 heteroatoms. The van der Waals surface area contributed by atoms with Gasteiger partial charge < -0.3 is 10.1 Å². The van der Waals surface area contributed by atoms with Crippen molar-refractivity contribution in [2.24, 2.45) is 5.92 Å². The fraction of sp³-hybridized carbons (Fsp3) is 0.571. The van der Waals surface area contributed by atoms with Gasteiger partial charge in [-0.1, -0.05) is 30.3 Å². The average molecular weight is 219 g/mol. The first-order valence-electron chi connectivity index (χ1n) is 6.27. The molecule has 0 unspecified atom stereocenters. The molecule has 1 N–H and O–H groups in total. The van der Waals surface area contributed by atoms with Gasteiger partial charge in [0, 0.05) is 19.8 Å². The quantitative estimate of drug-likeness (QED) is 0.769. The third-order valence-electron chi connectivity index (χ3n) is 3.24. The first-order chi connectivity index (χ1) is 7.95. The van der Waals surface area contributed by atoms with Gasteiger partial charge in [0.15, 0.2) is 0 Å². The largest absolute Gasteiger partial charge is 0.381 e. The maximum atomic E-state index is 5.35. The first kappa shape index (κ1) is 11.6. The van der Waals surface area contributed by atoms with Crippen LogP contribution in [0.15, 0.2) is 30.3 Å². The van der Waals surface area contributed by atoms with Crippen LogP contribution in [0.1, 0.15) is 24.8 Å². The molecule has 0 amide bonds. The van der Waals surface area contributed by atoms with Crippen LogP contribution in [0.3, 0.4) is 0 Å². The Morgan fingerprint density at radius 3 is 2.62 bits per heavy atom. The zero-order valence-electron chi connectivity index (χ0n) is 9.82. The van der Waals surface area contributed by atoms with Gasteiger partial charge in [-0.15, -0.1) is 0 Å². The van der Waals surface area contributed by atoms with Gasteiger partial charge in [-0.05, 0) is 37.3 Å². The van der Waals surface area contributed by atoms with Crippen molar-refractivity contribution < 1.29 is 4.74 Å². The molecule has 0 spiro atoms. The third kappa shape index (κ3) is 3.95. The molecule has 16 heavy (non-hydrogen) atoms. The van der Waals surface area contributed by atoms with Crippen molar-refractivity contribution >= 4 is 0 Å². The van der Waals surface area contributed by atoms with Crippen molar-refractivity contribution in [3.05, 3.63) is 35.9 Å². The van der Waals surface area contributed by atoms with Gasteiger partial charge in [-0.2, -0.15) is 0 Å². The SMILES string of the molecule is c1ccc(CNCCC2CCOCC2)cc1. The molecule has 1 aromatic carbocycles. The number of ether oxygens (including phenoxy) is 1. The summed E-state index contributed by atoms with van der Waals surface area (Å²) in [7, 11) is 0. The lowest BCUT2D eigenvalue weighted by Crippen LogP contribution is -2.22. The molecule has 88 valence electrons. The molecule has 2 rings (SSSR count). The summed E-state index contributed by atoms with van der Waals surface area (Å²) >= 11 is 0. The second-order valence-electron chi connectivity index (χ2n) is 4.51. The number of hydrogen-bond donors (Lipinski definition) is 1. The average Bonchev–Trinajstić information content (AvgIpc) is 2.37. The van der Waals surface area contributed by atoms with Crippen molar-refractivity contribution in [3.8, 4) is 0 Å². The Kier molecular flexibility index (Phi) is 4.84. The minimum Gasteiger partial charge on any atom is -0.381 e. The predicted octanol–water partition coefficient (Wildman–Crippen LogP) is 2.59. The van der Waals surface area contributed by atoms with Crippen LogP contribution < -0.4 is 5.32 Å². The first-order valence-corrected chi connectivity index (χ1v) is 6.27. The molecule has 1 aliphatic rings. The highest BCUT2D eigenvalue weighted by molar-refractivity contribution is 5.14. The molecule has 2 nitrogen and oxygen atoms in total. The van der Waals surface area contributed by atoms with E-state index in [1.165, 1.54) is 24.8 Å². The summed E-state index contributed by atoms with van der Waals surface area (Å²) in [5.41, 5.74) is 1.37. The molecule has 1 heterocycles. The normalized spacial score (nSPS) is 17.5. The molecule has 0 atom stereocenters. The highest BCUT2D eigenvalue weighted by Gasteiger charge is 2.12. The van der Waals surface area contributed by atoms with Crippen LogP contribution in [0.25, 0.3) is 0 Å². The summed E-state index contributed by atoms with van der Waals surface area (Å²) in [4.78, 5) is 0. The van der Waals surface area contributed by atoms with Gasteiger partial charge >= 0.3 is 0 Å². The summed E-state index contributed by atoms with van der Waals surface area (Å²) in [6.45, 7) is 4.04. The van der Waals surface area contributed by atoms with Crippen LogP contribution in [0.4, 0.5) is 0 Å². The van der Waals surface area contributed by atoms with Gasteiger partial charge in [0.1, 0.15) is 0 Å². The summed E-state index contributed by atoms with van der Waals surface area (Å²) in [5.74, 6) is 0.872. The molecule has 1 aliphatic heterocycles. The topological polar surface area (TPSA) is 21.3 Å². The lowest BCUT2D eigenvalue weighted by atomic mass is 9.97. The molecule has 0 radical (unpaired) electrons. The van der Waals surface area contributed by atoms with Gasteiger partial charge in [0.25, 0.3) is 0 Å². The van der Waals surface area contributed by atoms with Crippen molar-refractivity contribution in [2.45, 2.75) is 25.8 Å². The molecule has 0 bridgehead atoms. The van der Waals surface area contributed by atoms with E-state index in [2.05, 4.69) is 35.6 Å². The Labute approximate surface area is 98.0 Å². The van der Waals surface area contributed by atoms with Gasteiger partial charge in [-0.3, -0.25) is 0 Å². The Morgan fingerprint density at radius 1 is 1.12 bits per heavy atom. The molecular weight excluding hydrogens is 198 g/mol. The van der Waals surface area contributed by atoms with Crippen molar-refractivity contribution in [3.63, 3.8) is 0 Å². The number of rotatable bonds is 5. The van der Waals surface area contributed by atoms with Crippen molar-refractivity contribution in [1.82, 2.24) is 5.32 Å². The number of benzene rings is 1. The van der Waals surface area contributed by atoms with E-state index in [0.717, 1.165) is 32.2 Å². The van der Waals surface area contributed by atoms with E-state index >= 15 is 0 Å². The molecule has 1 aromatic rings. The van der Waals surface area contributed by atoms with E-state index in [0.29, 0.717) is 0 Å². The lowest BCUT2D eigenvalue weighted by Gasteiger charge is -2.21. The van der Waals surface area contributed by atoms with Gasteiger partial charge in [0.2, 0.25) is 0 Å². The zero-order chi connectivity index (χ0) is 11.1. The number of hydrogen-bond acceptors (Lipinski definition) is 2. The minimum atomic E-state index is 0.872. The van der Waals surface area contributed by atoms with E-state index in [1.54, 1.807) is 0 Å². The smallest absolute Gasteiger partial charge is 0.0468 e. The fourth-order valence-electron chi connectivity index (χ4n) is 2.17. The highest BCUT2D eigenvalue weighted by Crippen LogP contribution is 2.17. The van der Waals surface area contributed by atoms with Crippen LogP contribution in [-0.2, 0) is 11.3 Å². The van der Waals surface area contributed by atoms with E-state index in [4.69, 9.17) is 4.74 Å². The maximum Gasteiger partial charge on any atom is 0.0468 e. The Balaban J connectivity index is 1.58. The molecule has 1 fully saturated rings. The summed E-state index contributed by atoms with van der Waals surface area (Å²) in [5, 5.41) is 3.51. The standard InChI is InChI=1S/C14H21NO/c1-2-4-14(5-3-1)12-15-9-6-13-7-10-16-11-8-13/h1-5,13,15H,6-12H2. The zero-order valence-corrected chi connectivity index (χ0v) is 9.82. The van der Waals surface area contributed by atoms with Crippen LogP contribution in [-0.4, -0.2) is 19.8 Å². The predicted molar refractivity (Wildman–Crippen MR) is 66.3 cm³/mol. The Hall–Kier alpha value is -0.860. The summed E-state index contributed by atoms with van der Waals surface area (Å²) < 4.78 is 5.35. The summed E-state index contributed by atoms with van der Waals surface area (Å²) in [6, 6.07) is 10.6. The molecule has 0 aromatic heterocycles. The third-order valence-corrected chi connectivity index (χ3v) is 3.24. The molecule has 0 aliphatic carbocycles. The van der Waals surface area contributed by atoms with Crippen molar-refractivity contribution in [2.75, 3.05) is 19.8 Å². The van der Waals surface area contributed by atoms with Crippen LogP contribution in [0, 0.1) is 5.92 Å². The Morgan fingerprint density at radius 2 is 1.88 bits per heavy atom. The Bertz CT molecular complexity index is 280. The van der Waals surface area contributed by atoms with E-state index in [1.807, 2.05) is 0 Å². The number of nitrogens with one attached hydrogen (secondary N) is 1. The van der Waals surface area contributed by atoms with Crippen LogP contribution in [0.2, 0.25) is 0 Å². The second-order valence-corrected chi connectivity index (χ2v) is 4.51. The minimum absolute atomic E-state index is 0.872. The lowest BCUT2D eigenvalue weighted by molar-refractivity contribution is 0.0639. The molecule has 0 saturated carbocycles. The van der Waals surface area contributed by atoms with Crippen molar-refractivity contribution in [1.29, 1.82) is 0 Å². The van der Waals surface area contributed by atoms with E-state index in [9.17, 15) is 0 Å². The van der Waals surface area contributed by atoms with Gasteiger partial charge in [-0.25, -0.2) is 0 Å². The summed E-state index contributed by atoms with van der Waals surface area (Å²) in [6.07, 6.45) is 3.77. The monoisotopic (exact) mass is 219 g/mol. The highest BCUT2D eigenvalue weighted by atomic mass is 16.5. The van der Waals surface area contributed by atoms with Crippen LogP contribution >= 0.6 is 0 Å². The van der Waals surface area contributed by atoms with Crippen LogP contribution in [0.5, 0.6) is 0 Å². The molecule has 1 saturated heterocycles. The second kappa shape index (κ2) is 6.66.